The molecule has 1 aromatic rings. The highest BCUT2D eigenvalue weighted by atomic mass is 32.1. The molecule has 0 atom stereocenters. The van der Waals surface area contributed by atoms with Crippen molar-refractivity contribution in [3.05, 3.63) is 21.4 Å². The van der Waals surface area contributed by atoms with Crippen LogP contribution in [-0.4, -0.2) is 19.5 Å². The molecule has 1 rings (SSSR count). The average Bonchev–Trinajstić information content (AvgIpc) is 2.56. The van der Waals surface area contributed by atoms with Gasteiger partial charge in [-0.2, -0.15) is 0 Å². The van der Waals surface area contributed by atoms with Crippen LogP contribution in [0.1, 0.15) is 29.2 Å². The summed E-state index contributed by atoms with van der Waals surface area (Å²) in [6.45, 7) is 9.67. The van der Waals surface area contributed by atoms with E-state index in [9.17, 15) is 4.79 Å². The summed E-state index contributed by atoms with van der Waals surface area (Å²) in [4.78, 5) is 14.3. The number of amides is 1. The molecule has 1 amide bonds. The molecule has 0 spiro atoms. The summed E-state index contributed by atoms with van der Waals surface area (Å²) in [5, 5.41) is 6.05. The Morgan fingerprint density at radius 1 is 1.41 bits per heavy atom. The van der Waals surface area contributed by atoms with E-state index < -0.39 is 0 Å². The lowest BCUT2D eigenvalue weighted by atomic mass is 9.92. The van der Waals surface area contributed by atoms with Crippen molar-refractivity contribution in [2.75, 3.05) is 13.6 Å². The predicted octanol–water partition coefficient (Wildman–Crippen LogP) is 2.23. The third-order valence-corrected chi connectivity index (χ3v) is 3.88. The average molecular weight is 254 g/mol. The van der Waals surface area contributed by atoms with Gasteiger partial charge in [-0.3, -0.25) is 4.79 Å². The van der Waals surface area contributed by atoms with Gasteiger partial charge in [0, 0.05) is 29.9 Å². The molecule has 0 bridgehead atoms. The maximum Gasteiger partial charge on any atom is 0.226 e. The normalized spacial score (nSPS) is 11.6. The fraction of sp³-hybridized carbons (Fsp3) is 0.615. The molecule has 0 radical (unpaired) electrons. The van der Waals surface area contributed by atoms with Crippen molar-refractivity contribution < 1.29 is 4.79 Å². The number of rotatable bonds is 5. The van der Waals surface area contributed by atoms with Crippen LogP contribution in [0.4, 0.5) is 0 Å². The van der Waals surface area contributed by atoms with E-state index in [1.54, 1.807) is 7.05 Å². The number of hydrogen-bond acceptors (Lipinski definition) is 3. The molecule has 1 heterocycles. The molecule has 1 aromatic heterocycles. The Bertz CT molecular complexity index is 396. The van der Waals surface area contributed by atoms with Gasteiger partial charge in [-0.25, -0.2) is 0 Å². The third kappa shape index (κ3) is 3.82. The van der Waals surface area contributed by atoms with Crippen molar-refractivity contribution in [3.63, 3.8) is 0 Å². The molecular formula is C13H22N2OS. The van der Waals surface area contributed by atoms with E-state index >= 15 is 0 Å². The predicted molar refractivity (Wildman–Crippen MR) is 73.3 cm³/mol. The quantitative estimate of drug-likeness (QED) is 0.846. The van der Waals surface area contributed by atoms with Crippen molar-refractivity contribution in [2.24, 2.45) is 5.41 Å². The van der Waals surface area contributed by atoms with E-state index in [1.807, 2.05) is 25.2 Å². The van der Waals surface area contributed by atoms with E-state index in [4.69, 9.17) is 0 Å². The van der Waals surface area contributed by atoms with Crippen LogP contribution in [-0.2, 0) is 11.3 Å². The van der Waals surface area contributed by atoms with Crippen LogP contribution in [0.3, 0.4) is 0 Å². The summed E-state index contributed by atoms with van der Waals surface area (Å²) in [5.74, 6) is 0.0724. The van der Waals surface area contributed by atoms with E-state index in [-0.39, 0.29) is 11.3 Å². The number of aryl methyl sites for hydroxylation is 2. The summed E-state index contributed by atoms with van der Waals surface area (Å²) >= 11 is 1.82. The summed E-state index contributed by atoms with van der Waals surface area (Å²) in [6, 6.07) is 2.21. The molecule has 0 aliphatic heterocycles. The van der Waals surface area contributed by atoms with Crippen molar-refractivity contribution >= 4 is 17.2 Å². The van der Waals surface area contributed by atoms with Crippen LogP contribution < -0.4 is 10.6 Å². The highest BCUT2D eigenvalue weighted by Crippen LogP contribution is 2.21. The first-order valence-corrected chi connectivity index (χ1v) is 6.67. The first-order chi connectivity index (χ1) is 7.86. The smallest absolute Gasteiger partial charge is 0.226 e. The van der Waals surface area contributed by atoms with Gasteiger partial charge in [0.1, 0.15) is 0 Å². The minimum atomic E-state index is -0.367. The summed E-state index contributed by atoms with van der Waals surface area (Å²) < 4.78 is 0. The monoisotopic (exact) mass is 254 g/mol. The highest BCUT2D eigenvalue weighted by Gasteiger charge is 2.25. The van der Waals surface area contributed by atoms with Crippen LogP contribution in [0.25, 0.3) is 0 Å². The van der Waals surface area contributed by atoms with E-state index in [0.29, 0.717) is 6.54 Å². The molecule has 0 unspecified atom stereocenters. The van der Waals surface area contributed by atoms with Gasteiger partial charge < -0.3 is 10.6 Å². The van der Waals surface area contributed by atoms with Gasteiger partial charge in [-0.15, -0.1) is 11.3 Å². The molecule has 2 N–H and O–H groups in total. The second kappa shape index (κ2) is 5.65. The first kappa shape index (κ1) is 14.2. The highest BCUT2D eigenvalue weighted by molar-refractivity contribution is 7.12. The zero-order valence-electron chi connectivity index (χ0n) is 11.3. The number of carbonyl (C=O) groups excluding carboxylic acids is 1. The van der Waals surface area contributed by atoms with Crippen LogP contribution in [0.15, 0.2) is 6.07 Å². The lowest BCUT2D eigenvalue weighted by molar-refractivity contribution is -0.128. The van der Waals surface area contributed by atoms with Crippen molar-refractivity contribution in [3.8, 4) is 0 Å². The third-order valence-electron chi connectivity index (χ3n) is 2.87. The lowest BCUT2D eigenvalue weighted by Crippen LogP contribution is -2.41. The topological polar surface area (TPSA) is 41.1 Å². The number of hydrogen-bond donors (Lipinski definition) is 2. The SMILES string of the molecule is CNC(=O)C(C)(C)CNCc1cc(C)sc1C. The second-order valence-corrected chi connectivity index (χ2v) is 6.47. The van der Waals surface area contributed by atoms with Crippen LogP contribution >= 0.6 is 11.3 Å². The summed E-state index contributed by atoms with van der Waals surface area (Å²) in [5.41, 5.74) is 0.966. The molecular weight excluding hydrogens is 232 g/mol. The van der Waals surface area contributed by atoms with Crippen LogP contribution in [0.5, 0.6) is 0 Å². The molecule has 0 aliphatic rings. The maximum absolute atomic E-state index is 11.6. The molecule has 0 aliphatic carbocycles. The van der Waals surface area contributed by atoms with E-state index in [0.717, 1.165) is 6.54 Å². The first-order valence-electron chi connectivity index (χ1n) is 5.85. The molecule has 0 aromatic carbocycles. The van der Waals surface area contributed by atoms with Gasteiger partial charge in [0.25, 0.3) is 0 Å². The Morgan fingerprint density at radius 3 is 2.53 bits per heavy atom. The fourth-order valence-electron chi connectivity index (χ4n) is 1.79. The zero-order chi connectivity index (χ0) is 13.1. The van der Waals surface area contributed by atoms with Crippen molar-refractivity contribution in [1.82, 2.24) is 10.6 Å². The molecule has 96 valence electrons. The van der Waals surface area contributed by atoms with E-state index in [2.05, 4.69) is 30.5 Å². The molecule has 0 fully saturated rings. The van der Waals surface area contributed by atoms with Crippen LogP contribution in [0, 0.1) is 19.3 Å². The Hall–Kier alpha value is -0.870. The molecule has 17 heavy (non-hydrogen) atoms. The van der Waals surface area contributed by atoms with Gasteiger partial charge in [0.2, 0.25) is 5.91 Å². The molecule has 0 saturated carbocycles. The van der Waals surface area contributed by atoms with Gasteiger partial charge in [0.05, 0.1) is 5.41 Å². The maximum atomic E-state index is 11.6. The lowest BCUT2D eigenvalue weighted by Gasteiger charge is -2.22. The number of nitrogens with one attached hydrogen (secondary N) is 2. The van der Waals surface area contributed by atoms with Gasteiger partial charge in [-0.05, 0) is 39.3 Å². The molecule has 3 nitrogen and oxygen atoms in total. The minimum Gasteiger partial charge on any atom is -0.359 e. The Kier molecular flexibility index (Phi) is 4.71. The minimum absolute atomic E-state index is 0.0724. The van der Waals surface area contributed by atoms with Gasteiger partial charge in [-0.1, -0.05) is 0 Å². The largest absolute Gasteiger partial charge is 0.359 e. The Labute approximate surface area is 108 Å². The van der Waals surface area contributed by atoms with Crippen molar-refractivity contribution in [2.45, 2.75) is 34.2 Å². The summed E-state index contributed by atoms with van der Waals surface area (Å²) in [7, 11) is 1.68. The van der Waals surface area contributed by atoms with Gasteiger partial charge in [0.15, 0.2) is 0 Å². The molecule has 0 saturated heterocycles. The summed E-state index contributed by atoms with van der Waals surface area (Å²) in [6.07, 6.45) is 0. The number of carbonyl (C=O) groups is 1. The standard InChI is InChI=1S/C13H22N2OS/c1-9-6-11(10(2)17-9)7-15-8-13(3,4)12(16)14-5/h6,15H,7-8H2,1-5H3,(H,14,16). The Balaban J connectivity index is 2.48. The molecule has 4 heteroatoms. The fourth-order valence-corrected chi connectivity index (χ4v) is 2.73. The van der Waals surface area contributed by atoms with Gasteiger partial charge >= 0.3 is 0 Å². The van der Waals surface area contributed by atoms with Crippen LogP contribution in [0.2, 0.25) is 0 Å². The van der Waals surface area contributed by atoms with E-state index in [1.165, 1.54) is 15.3 Å². The Morgan fingerprint density at radius 2 is 2.06 bits per heavy atom. The van der Waals surface area contributed by atoms with Crippen molar-refractivity contribution in [1.29, 1.82) is 0 Å². The second-order valence-electron chi connectivity index (χ2n) is 5.01. The number of thiophene rings is 1. The zero-order valence-corrected chi connectivity index (χ0v) is 12.1.